The second-order valence-corrected chi connectivity index (χ2v) is 4.92. The van der Waals surface area contributed by atoms with Crippen LogP contribution in [0.4, 0.5) is 18.9 Å². The third kappa shape index (κ3) is 3.67. The quantitative estimate of drug-likeness (QED) is 0.813. The molecule has 1 N–H and O–H groups in total. The van der Waals surface area contributed by atoms with E-state index in [4.69, 9.17) is 11.6 Å². The van der Waals surface area contributed by atoms with Crippen molar-refractivity contribution in [3.05, 3.63) is 64.2 Å². The maximum Gasteiger partial charge on any atom is 0.416 e. The van der Waals surface area contributed by atoms with Crippen molar-refractivity contribution in [3.8, 4) is 0 Å². The first kappa shape index (κ1) is 14.7. The summed E-state index contributed by atoms with van der Waals surface area (Å²) < 4.78 is 37.7. The summed E-state index contributed by atoms with van der Waals surface area (Å²) in [5, 5.41) is 3.61. The number of anilines is 1. The Morgan fingerprint density at radius 3 is 2.50 bits per heavy atom. The smallest absolute Gasteiger partial charge is 0.381 e. The predicted octanol–water partition coefficient (Wildman–Crippen LogP) is 5.28. The number of aryl methyl sites for hydroxylation is 1. The zero-order valence-electron chi connectivity index (χ0n) is 10.8. The highest BCUT2D eigenvalue weighted by molar-refractivity contribution is 6.31. The molecular formula is C15H13ClF3N. The van der Waals surface area contributed by atoms with E-state index < -0.39 is 11.7 Å². The number of benzene rings is 2. The van der Waals surface area contributed by atoms with Gasteiger partial charge in [0.2, 0.25) is 0 Å². The molecule has 0 heterocycles. The van der Waals surface area contributed by atoms with Gasteiger partial charge >= 0.3 is 6.18 Å². The van der Waals surface area contributed by atoms with Gasteiger partial charge in [0.05, 0.1) is 5.56 Å². The number of halogens is 4. The fourth-order valence-corrected chi connectivity index (χ4v) is 1.96. The first-order chi connectivity index (χ1) is 9.36. The largest absolute Gasteiger partial charge is 0.416 e. The topological polar surface area (TPSA) is 12.0 Å². The van der Waals surface area contributed by atoms with Crippen LogP contribution in [-0.2, 0) is 12.7 Å². The van der Waals surface area contributed by atoms with Crippen LogP contribution < -0.4 is 5.32 Å². The lowest BCUT2D eigenvalue weighted by atomic mass is 10.1. The Labute approximate surface area is 120 Å². The molecule has 0 aromatic heterocycles. The van der Waals surface area contributed by atoms with Crippen LogP contribution in [0, 0.1) is 6.92 Å². The minimum atomic E-state index is -4.33. The minimum absolute atomic E-state index is 0.418. The highest BCUT2D eigenvalue weighted by Gasteiger charge is 2.30. The van der Waals surface area contributed by atoms with Crippen LogP contribution in [0.2, 0.25) is 5.02 Å². The summed E-state index contributed by atoms with van der Waals surface area (Å²) in [4.78, 5) is 0. The van der Waals surface area contributed by atoms with Crippen LogP contribution in [0.1, 0.15) is 16.7 Å². The van der Waals surface area contributed by atoms with Gasteiger partial charge in [0, 0.05) is 17.3 Å². The summed E-state index contributed by atoms with van der Waals surface area (Å²) in [5.74, 6) is 0. The van der Waals surface area contributed by atoms with Gasteiger partial charge in [0.25, 0.3) is 0 Å². The average molecular weight is 300 g/mol. The molecule has 0 amide bonds. The first-order valence-corrected chi connectivity index (χ1v) is 6.40. The second-order valence-electron chi connectivity index (χ2n) is 4.52. The molecule has 0 saturated carbocycles. The lowest BCUT2D eigenvalue weighted by molar-refractivity contribution is -0.137. The summed E-state index contributed by atoms with van der Waals surface area (Å²) in [6.07, 6.45) is -4.33. The number of rotatable bonds is 3. The van der Waals surface area contributed by atoms with Crippen LogP contribution in [0.5, 0.6) is 0 Å². The minimum Gasteiger partial charge on any atom is -0.381 e. The molecule has 20 heavy (non-hydrogen) atoms. The van der Waals surface area contributed by atoms with E-state index in [0.717, 1.165) is 23.3 Å². The molecule has 0 unspecified atom stereocenters. The number of hydrogen-bond donors (Lipinski definition) is 1. The Kier molecular flexibility index (Phi) is 4.23. The highest BCUT2D eigenvalue weighted by Crippen LogP contribution is 2.30. The fraction of sp³-hybridized carbons (Fsp3) is 0.200. The van der Waals surface area contributed by atoms with Crippen molar-refractivity contribution in [2.24, 2.45) is 0 Å². The SMILES string of the molecule is Cc1ccc(CNc2cccc(C(F)(F)F)c2)cc1Cl. The second kappa shape index (κ2) is 5.75. The van der Waals surface area contributed by atoms with Gasteiger partial charge in [-0.2, -0.15) is 13.2 Å². The van der Waals surface area contributed by atoms with Gasteiger partial charge in [0.1, 0.15) is 0 Å². The molecule has 2 aromatic rings. The molecule has 0 spiro atoms. The third-order valence-electron chi connectivity index (χ3n) is 2.92. The van der Waals surface area contributed by atoms with Gasteiger partial charge in [-0.25, -0.2) is 0 Å². The standard InChI is InChI=1S/C15H13ClF3N/c1-10-5-6-11(7-14(10)16)9-20-13-4-2-3-12(8-13)15(17,18)19/h2-8,20H,9H2,1H3. The molecule has 2 aromatic carbocycles. The van der Waals surface area contributed by atoms with Crippen LogP contribution in [0.25, 0.3) is 0 Å². The van der Waals surface area contributed by atoms with Crippen molar-refractivity contribution in [3.63, 3.8) is 0 Å². The molecule has 1 nitrogen and oxygen atoms in total. The summed E-state index contributed by atoms with van der Waals surface area (Å²) in [6, 6.07) is 10.7. The van der Waals surface area contributed by atoms with Crippen molar-refractivity contribution in [1.29, 1.82) is 0 Å². The summed E-state index contributed by atoms with van der Waals surface area (Å²) >= 11 is 6.00. The molecule has 0 aliphatic rings. The van der Waals surface area contributed by atoms with Gasteiger partial charge in [-0.3, -0.25) is 0 Å². The van der Waals surface area contributed by atoms with E-state index in [-0.39, 0.29) is 0 Å². The lowest BCUT2D eigenvalue weighted by Gasteiger charge is -2.11. The zero-order valence-corrected chi connectivity index (χ0v) is 11.5. The zero-order chi connectivity index (χ0) is 14.8. The van der Waals surface area contributed by atoms with Crippen molar-refractivity contribution >= 4 is 17.3 Å². The molecule has 0 atom stereocenters. The lowest BCUT2D eigenvalue weighted by Crippen LogP contribution is -2.06. The molecule has 2 rings (SSSR count). The Morgan fingerprint density at radius 2 is 1.85 bits per heavy atom. The van der Waals surface area contributed by atoms with Crippen LogP contribution in [0.3, 0.4) is 0 Å². The highest BCUT2D eigenvalue weighted by atomic mass is 35.5. The van der Waals surface area contributed by atoms with E-state index >= 15 is 0 Å². The molecular weight excluding hydrogens is 287 g/mol. The number of hydrogen-bond acceptors (Lipinski definition) is 1. The molecule has 106 valence electrons. The molecule has 0 bridgehead atoms. The van der Waals surface area contributed by atoms with Crippen molar-refractivity contribution in [1.82, 2.24) is 0 Å². The van der Waals surface area contributed by atoms with Crippen molar-refractivity contribution < 1.29 is 13.2 Å². The summed E-state index contributed by atoms with van der Waals surface area (Å²) in [6.45, 7) is 2.31. The first-order valence-electron chi connectivity index (χ1n) is 6.02. The fourth-order valence-electron chi connectivity index (χ4n) is 1.76. The Balaban J connectivity index is 2.09. The Hall–Kier alpha value is -1.68. The average Bonchev–Trinajstić information content (AvgIpc) is 2.39. The monoisotopic (exact) mass is 299 g/mol. The normalized spacial score (nSPS) is 11.4. The maximum absolute atomic E-state index is 12.6. The van der Waals surface area contributed by atoms with Gasteiger partial charge in [0.15, 0.2) is 0 Å². The van der Waals surface area contributed by atoms with E-state index in [9.17, 15) is 13.2 Å². The maximum atomic E-state index is 12.6. The number of alkyl halides is 3. The Bertz CT molecular complexity index is 608. The van der Waals surface area contributed by atoms with E-state index in [1.54, 1.807) is 12.1 Å². The summed E-state index contributed by atoms with van der Waals surface area (Å²) in [7, 11) is 0. The van der Waals surface area contributed by atoms with E-state index in [0.29, 0.717) is 17.3 Å². The van der Waals surface area contributed by atoms with Crippen molar-refractivity contribution in [2.75, 3.05) is 5.32 Å². The van der Waals surface area contributed by atoms with Crippen LogP contribution in [-0.4, -0.2) is 0 Å². The van der Waals surface area contributed by atoms with Crippen molar-refractivity contribution in [2.45, 2.75) is 19.6 Å². The predicted molar refractivity (Wildman–Crippen MR) is 75.0 cm³/mol. The van der Waals surface area contributed by atoms with E-state index in [1.165, 1.54) is 6.07 Å². The molecule has 0 aliphatic heterocycles. The third-order valence-corrected chi connectivity index (χ3v) is 3.33. The van der Waals surface area contributed by atoms with E-state index in [1.807, 2.05) is 19.1 Å². The van der Waals surface area contributed by atoms with Crippen LogP contribution in [0.15, 0.2) is 42.5 Å². The molecule has 0 saturated heterocycles. The number of nitrogens with one attached hydrogen (secondary N) is 1. The van der Waals surface area contributed by atoms with E-state index in [2.05, 4.69) is 5.32 Å². The van der Waals surface area contributed by atoms with Gasteiger partial charge in [-0.15, -0.1) is 0 Å². The van der Waals surface area contributed by atoms with Gasteiger partial charge < -0.3 is 5.32 Å². The Morgan fingerprint density at radius 1 is 1.10 bits per heavy atom. The summed E-state index contributed by atoms with van der Waals surface area (Å²) in [5.41, 5.74) is 1.65. The molecule has 0 aliphatic carbocycles. The molecule has 5 heteroatoms. The molecule has 0 fully saturated rings. The van der Waals surface area contributed by atoms with Gasteiger partial charge in [-0.1, -0.05) is 29.8 Å². The molecule has 0 radical (unpaired) electrons. The van der Waals surface area contributed by atoms with Crippen LogP contribution >= 0.6 is 11.6 Å². The van der Waals surface area contributed by atoms with Gasteiger partial charge in [-0.05, 0) is 42.3 Å².